The van der Waals surface area contributed by atoms with Gasteiger partial charge in [0, 0.05) is 12.6 Å². The van der Waals surface area contributed by atoms with Crippen LogP contribution in [-0.2, 0) is 0 Å². The predicted molar refractivity (Wildman–Crippen MR) is 69.1 cm³/mol. The lowest BCUT2D eigenvalue weighted by molar-refractivity contribution is 0.252. The van der Waals surface area contributed by atoms with Crippen LogP contribution in [0.5, 0.6) is 0 Å². The van der Waals surface area contributed by atoms with Crippen LogP contribution < -0.4 is 16.0 Å². The Morgan fingerprint density at radius 2 is 2.06 bits per heavy atom. The first-order valence-electron chi connectivity index (χ1n) is 6.28. The summed E-state index contributed by atoms with van der Waals surface area (Å²) in [6.45, 7) is 1.49. The average molecular weight is 251 g/mol. The van der Waals surface area contributed by atoms with Crippen molar-refractivity contribution in [1.29, 1.82) is 0 Å². The maximum absolute atomic E-state index is 13.2. The monoisotopic (exact) mass is 251 g/mol. The summed E-state index contributed by atoms with van der Waals surface area (Å²) in [7, 11) is 0. The Balaban J connectivity index is 1.60. The lowest BCUT2D eigenvalue weighted by Crippen LogP contribution is -2.31. The van der Waals surface area contributed by atoms with E-state index < -0.39 is 5.82 Å². The van der Waals surface area contributed by atoms with Crippen molar-refractivity contribution in [3.05, 3.63) is 30.1 Å². The van der Waals surface area contributed by atoms with Crippen LogP contribution in [0.15, 0.2) is 24.3 Å². The molecule has 1 aromatic carbocycles. The predicted octanol–water partition coefficient (Wildman–Crippen LogP) is 2.09. The summed E-state index contributed by atoms with van der Waals surface area (Å²) in [5.41, 5.74) is 0.200. The Morgan fingerprint density at radius 3 is 2.78 bits per heavy atom. The molecule has 0 bridgehead atoms. The summed E-state index contributed by atoms with van der Waals surface area (Å²) in [4.78, 5) is 11.5. The lowest BCUT2D eigenvalue weighted by atomic mass is 10.3. The van der Waals surface area contributed by atoms with Gasteiger partial charge in [0.25, 0.3) is 0 Å². The number of carbonyl (C=O) groups excluding carboxylic acids is 1. The summed E-state index contributed by atoms with van der Waals surface area (Å²) < 4.78 is 13.2. The summed E-state index contributed by atoms with van der Waals surface area (Å²) >= 11 is 0. The summed E-state index contributed by atoms with van der Waals surface area (Å²) in [6.07, 6.45) is 3.41. The van der Waals surface area contributed by atoms with Crippen molar-refractivity contribution in [3.8, 4) is 0 Å². The number of hydrogen-bond acceptors (Lipinski definition) is 2. The largest absolute Gasteiger partial charge is 0.338 e. The van der Waals surface area contributed by atoms with Gasteiger partial charge in [-0.1, -0.05) is 12.1 Å². The summed E-state index contributed by atoms with van der Waals surface area (Å²) in [5.74, 6) is -0.428. The van der Waals surface area contributed by atoms with E-state index in [0.29, 0.717) is 12.6 Å². The van der Waals surface area contributed by atoms with E-state index in [9.17, 15) is 9.18 Å². The number of hydrogen-bond donors (Lipinski definition) is 3. The molecule has 3 N–H and O–H groups in total. The number of carbonyl (C=O) groups is 1. The third-order valence-corrected chi connectivity index (χ3v) is 2.77. The van der Waals surface area contributed by atoms with Gasteiger partial charge in [-0.3, -0.25) is 0 Å². The molecule has 4 nitrogen and oxygen atoms in total. The van der Waals surface area contributed by atoms with E-state index in [1.54, 1.807) is 12.1 Å². The minimum absolute atomic E-state index is 0.200. The minimum atomic E-state index is -0.428. The SMILES string of the molecule is O=C(NCCCNC1CC1)Nc1ccccc1F. The second-order valence-electron chi connectivity index (χ2n) is 4.44. The Labute approximate surface area is 106 Å². The molecule has 1 aliphatic rings. The zero-order valence-corrected chi connectivity index (χ0v) is 10.2. The van der Waals surface area contributed by atoms with E-state index >= 15 is 0 Å². The summed E-state index contributed by atoms with van der Waals surface area (Å²) in [5, 5.41) is 8.53. The third-order valence-electron chi connectivity index (χ3n) is 2.77. The number of benzene rings is 1. The number of anilines is 1. The zero-order valence-electron chi connectivity index (χ0n) is 10.2. The molecule has 0 unspecified atom stereocenters. The van der Waals surface area contributed by atoms with Crippen LogP contribution in [0.3, 0.4) is 0 Å². The zero-order chi connectivity index (χ0) is 12.8. The molecule has 1 saturated carbocycles. The standard InChI is InChI=1S/C13H18FN3O/c14-11-4-1-2-5-12(11)17-13(18)16-9-3-8-15-10-6-7-10/h1-2,4-5,10,15H,3,6-9H2,(H2,16,17,18). The second-order valence-corrected chi connectivity index (χ2v) is 4.44. The van der Waals surface area contributed by atoms with E-state index in [-0.39, 0.29) is 11.7 Å². The topological polar surface area (TPSA) is 53.2 Å². The number of para-hydroxylation sites is 1. The van der Waals surface area contributed by atoms with E-state index in [1.165, 1.54) is 25.0 Å². The highest BCUT2D eigenvalue weighted by atomic mass is 19.1. The van der Waals surface area contributed by atoms with Crippen LogP contribution in [0.1, 0.15) is 19.3 Å². The Kier molecular flexibility index (Phi) is 4.52. The molecular weight excluding hydrogens is 233 g/mol. The van der Waals surface area contributed by atoms with Gasteiger partial charge >= 0.3 is 6.03 Å². The van der Waals surface area contributed by atoms with Crippen molar-refractivity contribution >= 4 is 11.7 Å². The van der Waals surface area contributed by atoms with Crippen LogP contribution >= 0.6 is 0 Å². The molecule has 0 spiro atoms. The Bertz CT molecular complexity index is 407. The van der Waals surface area contributed by atoms with Gasteiger partial charge in [-0.05, 0) is 37.9 Å². The molecule has 98 valence electrons. The van der Waals surface area contributed by atoms with Crippen LogP contribution in [-0.4, -0.2) is 25.2 Å². The average Bonchev–Trinajstić information content (AvgIpc) is 3.16. The van der Waals surface area contributed by atoms with Gasteiger partial charge in [0.2, 0.25) is 0 Å². The fraction of sp³-hybridized carbons (Fsp3) is 0.462. The van der Waals surface area contributed by atoms with Crippen molar-refractivity contribution in [2.24, 2.45) is 0 Å². The molecular formula is C13H18FN3O. The quantitative estimate of drug-likeness (QED) is 0.678. The molecule has 0 saturated heterocycles. The summed E-state index contributed by atoms with van der Waals surface area (Å²) in [6, 6.07) is 6.43. The maximum Gasteiger partial charge on any atom is 0.319 e. The highest BCUT2D eigenvalue weighted by Crippen LogP contribution is 2.18. The smallest absolute Gasteiger partial charge is 0.319 e. The van der Waals surface area contributed by atoms with Gasteiger partial charge in [-0.25, -0.2) is 9.18 Å². The molecule has 0 atom stereocenters. The number of nitrogens with one attached hydrogen (secondary N) is 3. The van der Waals surface area contributed by atoms with E-state index in [0.717, 1.165) is 13.0 Å². The van der Waals surface area contributed by atoms with Gasteiger partial charge < -0.3 is 16.0 Å². The van der Waals surface area contributed by atoms with Crippen molar-refractivity contribution in [1.82, 2.24) is 10.6 Å². The number of urea groups is 1. The van der Waals surface area contributed by atoms with E-state index in [1.807, 2.05) is 0 Å². The van der Waals surface area contributed by atoms with Crippen LogP contribution in [0.4, 0.5) is 14.9 Å². The van der Waals surface area contributed by atoms with Gasteiger partial charge in [0.15, 0.2) is 0 Å². The molecule has 2 amide bonds. The molecule has 2 rings (SSSR count). The van der Waals surface area contributed by atoms with Gasteiger partial charge in [0.05, 0.1) is 5.69 Å². The molecule has 0 heterocycles. The van der Waals surface area contributed by atoms with Crippen molar-refractivity contribution in [2.45, 2.75) is 25.3 Å². The number of rotatable bonds is 6. The Morgan fingerprint density at radius 1 is 1.28 bits per heavy atom. The van der Waals surface area contributed by atoms with Crippen LogP contribution in [0, 0.1) is 5.82 Å². The van der Waals surface area contributed by atoms with Crippen molar-refractivity contribution in [3.63, 3.8) is 0 Å². The maximum atomic E-state index is 13.2. The normalized spacial score (nSPS) is 14.3. The van der Waals surface area contributed by atoms with Crippen LogP contribution in [0.2, 0.25) is 0 Å². The molecule has 0 aromatic heterocycles. The molecule has 1 aliphatic carbocycles. The Hall–Kier alpha value is -1.62. The lowest BCUT2D eigenvalue weighted by Gasteiger charge is -2.08. The van der Waals surface area contributed by atoms with Crippen LogP contribution in [0.25, 0.3) is 0 Å². The molecule has 5 heteroatoms. The molecule has 1 aromatic rings. The van der Waals surface area contributed by atoms with E-state index in [4.69, 9.17) is 0 Å². The van der Waals surface area contributed by atoms with E-state index in [2.05, 4.69) is 16.0 Å². The van der Waals surface area contributed by atoms with Gasteiger partial charge in [-0.2, -0.15) is 0 Å². The fourth-order valence-corrected chi connectivity index (χ4v) is 1.61. The first-order valence-corrected chi connectivity index (χ1v) is 6.28. The van der Waals surface area contributed by atoms with Gasteiger partial charge in [-0.15, -0.1) is 0 Å². The van der Waals surface area contributed by atoms with Crippen molar-refractivity contribution in [2.75, 3.05) is 18.4 Å². The minimum Gasteiger partial charge on any atom is -0.338 e. The number of amides is 2. The molecule has 18 heavy (non-hydrogen) atoms. The molecule has 1 fully saturated rings. The molecule has 0 radical (unpaired) electrons. The highest BCUT2D eigenvalue weighted by Gasteiger charge is 2.19. The first-order chi connectivity index (χ1) is 8.75. The number of halogens is 1. The first kappa shape index (κ1) is 12.8. The third kappa shape index (κ3) is 4.33. The highest BCUT2D eigenvalue weighted by molar-refractivity contribution is 5.89. The fourth-order valence-electron chi connectivity index (χ4n) is 1.61. The second kappa shape index (κ2) is 6.35. The van der Waals surface area contributed by atoms with Gasteiger partial charge in [0.1, 0.15) is 5.82 Å². The molecule has 0 aliphatic heterocycles. The van der Waals surface area contributed by atoms with Crippen molar-refractivity contribution < 1.29 is 9.18 Å².